The molecule has 2 heterocycles. The fraction of sp³-hybridized carbons (Fsp3) is 0.600. The molecule has 4 nitrogen and oxygen atoms in total. The van der Waals surface area contributed by atoms with Crippen molar-refractivity contribution < 1.29 is 18.9 Å². The largest absolute Gasteiger partial charge is 0.491 e. The standard InChI is InChI=1S/C30H36O4/c1-18-9-22(31-14-24-16-33-24)5-7-28(18)30(12-26-20-3-4-21(11-20)27(26)13-30)29-8-6-23(10-19(29)2)32-15-25-17-34-25/h5-10,20-21,24-27H,3-4,11-17H2,1-2H3. The Bertz CT molecular complexity index is 1000. The van der Waals surface area contributed by atoms with Crippen LogP contribution in [0.3, 0.4) is 0 Å². The third kappa shape index (κ3) is 3.65. The number of benzene rings is 2. The van der Waals surface area contributed by atoms with Crippen LogP contribution in [0.1, 0.15) is 54.4 Å². The number of hydrogen-bond donors (Lipinski definition) is 0. The Hall–Kier alpha value is -2.04. The van der Waals surface area contributed by atoms with Crippen LogP contribution in [0, 0.1) is 37.5 Å². The molecule has 5 aliphatic rings. The Morgan fingerprint density at radius 1 is 0.765 bits per heavy atom. The van der Waals surface area contributed by atoms with E-state index in [0.717, 1.165) is 48.4 Å². The summed E-state index contributed by atoms with van der Waals surface area (Å²) < 4.78 is 22.7. The average molecular weight is 461 g/mol. The van der Waals surface area contributed by atoms with E-state index >= 15 is 0 Å². The van der Waals surface area contributed by atoms with Crippen LogP contribution in [0.5, 0.6) is 11.5 Å². The maximum atomic E-state index is 6.02. The minimum Gasteiger partial charge on any atom is -0.491 e. The Kier molecular flexibility index (Phi) is 5.00. The van der Waals surface area contributed by atoms with Crippen molar-refractivity contribution in [2.45, 2.75) is 63.6 Å². The lowest BCUT2D eigenvalue weighted by atomic mass is 9.68. The molecule has 2 bridgehead atoms. The molecule has 5 fully saturated rings. The van der Waals surface area contributed by atoms with Gasteiger partial charge in [-0.3, -0.25) is 0 Å². The molecule has 3 saturated carbocycles. The van der Waals surface area contributed by atoms with E-state index < -0.39 is 0 Å². The van der Waals surface area contributed by atoms with Crippen LogP contribution in [0.25, 0.3) is 0 Å². The molecule has 34 heavy (non-hydrogen) atoms. The van der Waals surface area contributed by atoms with Gasteiger partial charge >= 0.3 is 0 Å². The topological polar surface area (TPSA) is 43.5 Å². The second-order valence-electron chi connectivity index (χ2n) is 11.6. The zero-order valence-corrected chi connectivity index (χ0v) is 20.4. The first-order valence-corrected chi connectivity index (χ1v) is 13.3. The normalized spacial score (nSPS) is 37.0. The van der Waals surface area contributed by atoms with Crippen LogP contribution in [0.2, 0.25) is 0 Å². The van der Waals surface area contributed by atoms with Gasteiger partial charge in [0.05, 0.1) is 13.2 Å². The second-order valence-corrected chi connectivity index (χ2v) is 11.6. The summed E-state index contributed by atoms with van der Waals surface area (Å²) in [4.78, 5) is 0. The third-order valence-corrected chi connectivity index (χ3v) is 9.55. The van der Waals surface area contributed by atoms with Crippen LogP contribution in [0.4, 0.5) is 0 Å². The van der Waals surface area contributed by atoms with Crippen molar-refractivity contribution >= 4 is 0 Å². The molecule has 0 amide bonds. The molecule has 4 heteroatoms. The third-order valence-electron chi connectivity index (χ3n) is 9.55. The summed E-state index contributed by atoms with van der Waals surface area (Å²) in [5, 5.41) is 0. The quantitative estimate of drug-likeness (QED) is 0.481. The maximum absolute atomic E-state index is 6.02. The minimum absolute atomic E-state index is 0.0844. The number of hydrogen-bond acceptors (Lipinski definition) is 4. The summed E-state index contributed by atoms with van der Waals surface area (Å²) in [5.41, 5.74) is 5.79. The molecule has 2 aromatic rings. The summed E-state index contributed by atoms with van der Waals surface area (Å²) in [7, 11) is 0. The average Bonchev–Trinajstić information content (AvgIpc) is 3.72. The predicted molar refractivity (Wildman–Crippen MR) is 131 cm³/mol. The van der Waals surface area contributed by atoms with Gasteiger partial charge in [-0.15, -0.1) is 0 Å². The van der Waals surface area contributed by atoms with Gasteiger partial charge in [-0.2, -0.15) is 0 Å². The van der Waals surface area contributed by atoms with Gasteiger partial charge in [0, 0.05) is 5.41 Å². The van der Waals surface area contributed by atoms with Crippen molar-refractivity contribution in [1.82, 2.24) is 0 Å². The molecule has 2 aliphatic heterocycles. The Balaban J connectivity index is 1.24. The van der Waals surface area contributed by atoms with Crippen molar-refractivity contribution in [2.24, 2.45) is 23.7 Å². The van der Waals surface area contributed by atoms with Gasteiger partial charge in [0.2, 0.25) is 0 Å². The van der Waals surface area contributed by atoms with Gasteiger partial charge < -0.3 is 18.9 Å². The molecule has 3 aliphatic carbocycles. The van der Waals surface area contributed by atoms with E-state index in [1.165, 1.54) is 54.4 Å². The first-order chi connectivity index (χ1) is 16.6. The molecule has 0 spiro atoms. The Labute approximate surface area is 202 Å². The van der Waals surface area contributed by atoms with Gasteiger partial charge in [0.1, 0.15) is 36.9 Å². The van der Waals surface area contributed by atoms with Gasteiger partial charge in [-0.05, 0) is 116 Å². The van der Waals surface area contributed by atoms with E-state index in [2.05, 4.69) is 50.2 Å². The highest BCUT2D eigenvalue weighted by atomic mass is 16.6. The highest BCUT2D eigenvalue weighted by Gasteiger charge is 2.58. The van der Waals surface area contributed by atoms with E-state index in [4.69, 9.17) is 18.9 Å². The fourth-order valence-electron chi connectivity index (χ4n) is 7.87. The van der Waals surface area contributed by atoms with Crippen LogP contribution in [0.15, 0.2) is 36.4 Å². The van der Waals surface area contributed by atoms with Crippen molar-refractivity contribution in [3.8, 4) is 11.5 Å². The highest BCUT2D eigenvalue weighted by molar-refractivity contribution is 5.51. The Morgan fingerprint density at radius 2 is 1.24 bits per heavy atom. The van der Waals surface area contributed by atoms with Crippen LogP contribution >= 0.6 is 0 Å². The summed E-state index contributed by atoms with van der Waals surface area (Å²) in [6.07, 6.45) is 7.52. The number of aryl methyl sites for hydroxylation is 2. The zero-order valence-electron chi connectivity index (χ0n) is 20.4. The van der Waals surface area contributed by atoms with Gasteiger partial charge in [0.25, 0.3) is 0 Å². The van der Waals surface area contributed by atoms with Crippen LogP contribution in [-0.2, 0) is 14.9 Å². The number of epoxide rings is 2. The lowest BCUT2D eigenvalue weighted by Gasteiger charge is -2.35. The minimum atomic E-state index is 0.0844. The summed E-state index contributed by atoms with van der Waals surface area (Å²) in [5.74, 6) is 5.58. The van der Waals surface area contributed by atoms with Gasteiger partial charge in [-0.25, -0.2) is 0 Å². The first-order valence-electron chi connectivity index (χ1n) is 13.3. The fourth-order valence-corrected chi connectivity index (χ4v) is 7.87. The first kappa shape index (κ1) is 21.3. The SMILES string of the molecule is Cc1cc(OCC2CO2)ccc1C1(c2ccc(OCC3CO3)cc2C)CC2C3CCC(C3)C2C1. The molecule has 6 unspecified atom stereocenters. The lowest BCUT2D eigenvalue weighted by Crippen LogP contribution is -2.28. The number of rotatable bonds is 8. The lowest BCUT2D eigenvalue weighted by molar-refractivity contribution is 0.259. The van der Waals surface area contributed by atoms with E-state index in [1.807, 2.05) is 0 Å². The van der Waals surface area contributed by atoms with E-state index in [0.29, 0.717) is 13.2 Å². The molecule has 7 rings (SSSR count). The molecule has 2 saturated heterocycles. The van der Waals surface area contributed by atoms with Crippen molar-refractivity contribution in [3.63, 3.8) is 0 Å². The van der Waals surface area contributed by atoms with E-state index in [-0.39, 0.29) is 17.6 Å². The van der Waals surface area contributed by atoms with Gasteiger partial charge in [0.15, 0.2) is 0 Å². The van der Waals surface area contributed by atoms with Gasteiger partial charge in [-0.1, -0.05) is 12.1 Å². The van der Waals surface area contributed by atoms with Crippen molar-refractivity contribution in [1.29, 1.82) is 0 Å². The summed E-state index contributed by atoms with van der Waals surface area (Å²) >= 11 is 0. The van der Waals surface area contributed by atoms with Crippen molar-refractivity contribution in [2.75, 3.05) is 26.4 Å². The zero-order chi connectivity index (χ0) is 22.9. The second kappa shape index (κ2) is 7.99. The molecule has 2 aromatic carbocycles. The molecular weight excluding hydrogens is 424 g/mol. The smallest absolute Gasteiger partial charge is 0.119 e. The molecule has 6 atom stereocenters. The van der Waals surface area contributed by atoms with E-state index in [9.17, 15) is 0 Å². The van der Waals surface area contributed by atoms with Crippen LogP contribution < -0.4 is 9.47 Å². The molecule has 180 valence electrons. The molecule has 0 aromatic heterocycles. The maximum Gasteiger partial charge on any atom is 0.119 e. The molecule has 0 radical (unpaired) electrons. The monoisotopic (exact) mass is 460 g/mol. The number of fused-ring (bicyclic) bond motifs is 5. The predicted octanol–water partition coefficient (Wildman–Crippen LogP) is 5.60. The molecular formula is C30H36O4. The molecule has 0 N–H and O–H groups in total. The number of ether oxygens (including phenoxy) is 4. The Morgan fingerprint density at radius 3 is 1.65 bits per heavy atom. The highest BCUT2D eigenvalue weighted by Crippen LogP contribution is 2.65. The summed E-state index contributed by atoms with van der Waals surface area (Å²) in [6, 6.07) is 13.6. The van der Waals surface area contributed by atoms with Crippen LogP contribution in [-0.4, -0.2) is 38.6 Å². The van der Waals surface area contributed by atoms with Crippen molar-refractivity contribution in [3.05, 3.63) is 58.7 Å². The van der Waals surface area contributed by atoms with E-state index in [1.54, 1.807) is 0 Å². The summed E-state index contributed by atoms with van der Waals surface area (Å²) in [6.45, 7) is 7.54.